The summed E-state index contributed by atoms with van der Waals surface area (Å²) in [6.07, 6.45) is 5.20. The highest BCUT2D eigenvalue weighted by molar-refractivity contribution is 5.84. The second-order valence-electron chi connectivity index (χ2n) is 8.27. The lowest BCUT2D eigenvalue weighted by atomic mass is 10.0. The van der Waals surface area contributed by atoms with E-state index in [0.29, 0.717) is 12.1 Å². The number of aromatic amines is 1. The molecule has 1 saturated heterocycles. The second kappa shape index (κ2) is 9.42. The van der Waals surface area contributed by atoms with Crippen LogP contribution in [0.3, 0.4) is 0 Å². The summed E-state index contributed by atoms with van der Waals surface area (Å²) in [6.45, 7) is 3.89. The highest BCUT2D eigenvalue weighted by Gasteiger charge is 2.27. The Kier molecular flexibility index (Phi) is 6.04. The molecule has 0 amide bonds. The van der Waals surface area contributed by atoms with Crippen LogP contribution in [0.15, 0.2) is 54.9 Å². The molecule has 0 saturated carbocycles. The number of H-pyrrole nitrogens is 1. The summed E-state index contributed by atoms with van der Waals surface area (Å²) in [6, 6.07) is 16.1. The van der Waals surface area contributed by atoms with Crippen LogP contribution in [-0.2, 0) is 11.2 Å². The Morgan fingerprint density at radius 2 is 2.09 bits per heavy atom. The number of hydrogen-bond donors (Lipinski definition) is 1. The summed E-state index contributed by atoms with van der Waals surface area (Å²) in [4.78, 5) is 8.18. The van der Waals surface area contributed by atoms with E-state index < -0.39 is 0 Å². The molecule has 1 aromatic heterocycles. The van der Waals surface area contributed by atoms with Crippen LogP contribution in [0.1, 0.15) is 16.7 Å². The molecule has 3 aromatic rings. The van der Waals surface area contributed by atoms with Gasteiger partial charge in [-0.05, 0) is 41.5 Å². The number of aromatic nitrogens is 1. The Labute approximate surface area is 194 Å². The lowest BCUT2D eigenvalue weighted by Crippen LogP contribution is -2.52. The van der Waals surface area contributed by atoms with Crippen molar-refractivity contribution >= 4 is 16.5 Å². The van der Waals surface area contributed by atoms with Crippen molar-refractivity contribution in [3.63, 3.8) is 0 Å². The van der Waals surface area contributed by atoms with Crippen molar-refractivity contribution in [1.29, 1.82) is 5.26 Å². The zero-order valence-corrected chi connectivity index (χ0v) is 18.7. The maximum Gasteiger partial charge on any atom is 0.119 e. The molecule has 33 heavy (non-hydrogen) atoms. The van der Waals surface area contributed by atoms with E-state index in [-0.39, 0.29) is 6.17 Å². The third kappa shape index (κ3) is 4.45. The SMILES string of the molecule is COc1cccc(C2=CN(C(Cc3c[nH]c4ccc(C#N)cc34)N3CCOCC3)CC#C2)c1. The molecule has 1 unspecified atom stereocenters. The summed E-state index contributed by atoms with van der Waals surface area (Å²) in [5.74, 6) is 7.46. The number of ether oxygens (including phenoxy) is 2. The number of rotatable bonds is 6. The first kappa shape index (κ1) is 21.2. The first-order valence-electron chi connectivity index (χ1n) is 11.2. The van der Waals surface area contributed by atoms with Crippen molar-refractivity contribution in [3.8, 4) is 23.7 Å². The second-order valence-corrected chi connectivity index (χ2v) is 8.27. The number of nitrogens with one attached hydrogen (secondary N) is 1. The third-order valence-electron chi connectivity index (χ3n) is 6.31. The van der Waals surface area contributed by atoms with Crippen molar-refractivity contribution in [2.75, 3.05) is 40.0 Å². The van der Waals surface area contributed by atoms with E-state index in [1.807, 2.05) is 36.4 Å². The zero-order valence-electron chi connectivity index (χ0n) is 18.7. The molecular weight excluding hydrogens is 412 g/mol. The molecule has 2 aromatic carbocycles. The molecule has 5 rings (SSSR count). The van der Waals surface area contributed by atoms with Crippen LogP contribution in [0, 0.1) is 23.2 Å². The fourth-order valence-corrected chi connectivity index (χ4v) is 4.54. The van der Waals surface area contributed by atoms with Gasteiger partial charge in [0.05, 0.1) is 44.7 Å². The standard InChI is InChI=1S/C27H26N4O2/c1-32-24-6-2-4-21(15-24)22-5-3-9-31(19-22)27(30-10-12-33-13-11-30)16-23-18-29-26-8-7-20(17-28)14-25(23)26/h2,4,6-8,14-15,18-19,27,29H,9-13,16H2,1H3. The summed E-state index contributed by atoms with van der Waals surface area (Å²) < 4.78 is 11.0. The Bertz CT molecular complexity index is 1280. The van der Waals surface area contributed by atoms with Gasteiger partial charge in [0.15, 0.2) is 0 Å². The first-order chi connectivity index (χ1) is 16.2. The van der Waals surface area contributed by atoms with Gasteiger partial charge in [-0.3, -0.25) is 4.90 Å². The lowest BCUT2D eigenvalue weighted by molar-refractivity contribution is -0.0168. The number of benzene rings is 2. The number of nitriles is 1. The molecule has 2 aliphatic heterocycles. The highest BCUT2D eigenvalue weighted by Crippen LogP contribution is 2.27. The van der Waals surface area contributed by atoms with Crippen LogP contribution in [0.4, 0.5) is 0 Å². The van der Waals surface area contributed by atoms with Crippen molar-refractivity contribution in [2.45, 2.75) is 12.6 Å². The van der Waals surface area contributed by atoms with E-state index in [9.17, 15) is 5.26 Å². The smallest absolute Gasteiger partial charge is 0.119 e. The Morgan fingerprint density at radius 1 is 1.21 bits per heavy atom. The van der Waals surface area contributed by atoms with Crippen LogP contribution in [0.5, 0.6) is 5.75 Å². The fraction of sp³-hybridized carbons (Fsp3) is 0.296. The van der Waals surface area contributed by atoms with Gasteiger partial charge < -0.3 is 19.4 Å². The molecule has 6 heteroatoms. The molecule has 3 heterocycles. The van der Waals surface area contributed by atoms with Gasteiger partial charge in [-0.1, -0.05) is 24.0 Å². The van der Waals surface area contributed by atoms with Gasteiger partial charge in [-0.25, -0.2) is 0 Å². The van der Waals surface area contributed by atoms with E-state index in [1.54, 1.807) is 7.11 Å². The summed E-state index contributed by atoms with van der Waals surface area (Å²) in [5.41, 5.74) is 4.97. The predicted molar refractivity (Wildman–Crippen MR) is 128 cm³/mol. The number of allylic oxidation sites excluding steroid dienone is 1. The van der Waals surface area contributed by atoms with Crippen LogP contribution in [0.2, 0.25) is 0 Å². The number of morpholine rings is 1. The molecule has 1 fully saturated rings. The number of methoxy groups -OCH3 is 1. The summed E-state index contributed by atoms with van der Waals surface area (Å²) in [7, 11) is 1.68. The van der Waals surface area contributed by atoms with Gasteiger partial charge in [0.1, 0.15) is 5.75 Å². The van der Waals surface area contributed by atoms with Gasteiger partial charge >= 0.3 is 0 Å². The molecule has 1 atom stereocenters. The molecule has 0 spiro atoms. The van der Waals surface area contributed by atoms with Crippen molar-refractivity contribution in [1.82, 2.24) is 14.8 Å². The van der Waals surface area contributed by atoms with Crippen LogP contribution >= 0.6 is 0 Å². The molecule has 1 N–H and O–H groups in total. The quantitative estimate of drug-likeness (QED) is 0.596. The maximum atomic E-state index is 9.37. The zero-order chi connectivity index (χ0) is 22.6. The lowest BCUT2D eigenvalue weighted by Gasteiger charge is -2.41. The average molecular weight is 439 g/mol. The van der Waals surface area contributed by atoms with Gasteiger partial charge in [-0.2, -0.15) is 5.26 Å². The van der Waals surface area contributed by atoms with Crippen LogP contribution in [0.25, 0.3) is 16.5 Å². The van der Waals surface area contributed by atoms with E-state index in [0.717, 1.165) is 60.5 Å². The monoisotopic (exact) mass is 438 g/mol. The number of hydrogen-bond acceptors (Lipinski definition) is 5. The number of nitrogens with zero attached hydrogens (tertiary/aromatic N) is 3. The minimum atomic E-state index is 0.133. The predicted octanol–water partition coefficient (Wildman–Crippen LogP) is 3.61. The van der Waals surface area contributed by atoms with Crippen LogP contribution < -0.4 is 4.74 Å². The molecule has 2 aliphatic rings. The Balaban J connectivity index is 1.49. The Morgan fingerprint density at radius 3 is 2.91 bits per heavy atom. The molecular formula is C27H26N4O2. The molecule has 166 valence electrons. The van der Waals surface area contributed by atoms with Crippen molar-refractivity contribution < 1.29 is 9.47 Å². The van der Waals surface area contributed by atoms with E-state index in [1.165, 1.54) is 5.56 Å². The van der Waals surface area contributed by atoms with Crippen LogP contribution in [-0.4, -0.2) is 60.9 Å². The first-order valence-corrected chi connectivity index (χ1v) is 11.2. The van der Waals surface area contributed by atoms with Crippen molar-refractivity contribution in [3.05, 3.63) is 71.6 Å². The maximum absolute atomic E-state index is 9.37. The van der Waals surface area contributed by atoms with Gasteiger partial charge in [0.25, 0.3) is 0 Å². The molecule has 0 aliphatic carbocycles. The topological polar surface area (TPSA) is 64.5 Å². The Hall–Kier alpha value is -3.71. The summed E-state index contributed by atoms with van der Waals surface area (Å²) >= 11 is 0. The minimum absolute atomic E-state index is 0.133. The van der Waals surface area contributed by atoms with E-state index in [4.69, 9.17) is 9.47 Å². The van der Waals surface area contributed by atoms with Gasteiger partial charge in [0, 0.05) is 48.4 Å². The van der Waals surface area contributed by atoms with Crippen molar-refractivity contribution in [2.24, 2.45) is 0 Å². The average Bonchev–Trinajstić information content (AvgIpc) is 3.29. The summed E-state index contributed by atoms with van der Waals surface area (Å²) in [5, 5.41) is 10.5. The third-order valence-corrected chi connectivity index (χ3v) is 6.31. The molecule has 0 bridgehead atoms. The highest BCUT2D eigenvalue weighted by atomic mass is 16.5. The minimum Gasteiger partial charge on any atom is -0.497 e. The molecule has 0 radical (unpaired) electrons. The van der Waals surface area contributed by atoms with Gasteiger partial charge in [0.2, 0.25) is 0 Å². The molecule has 6 nitrogen and oxygen atoms in total. The largest absolute Gasteiger partial charge is 0.497 e. The normalized spacial score (nSPS) is 17.1. The fourth-order valence-electron chi connectivity index (χ4n) is 4.54. The van der Waals surface area contributed by atoms with Gasteiger partial charge in [-0.15, -0.1) is 0 Å². The van der Waals surface area contributed by atoms with E-state index in [2.05, 4.69) is 51.2 Å². The van der Waals surface area contributed by atoms with E-state index >= 15 is 0 Å². The number of fused-ring (bicyclic) bond motifs is 1.